The Labute approximate surface area is 142 Å². The molecule has 3 nitrogen and oxygen atoms in total. The second-order valence-electron chi connectivity index (χ2n) is 6.28. The quantitative estimate of drug-likeness (QED) is 0.307. The van der Waals surface area contributed by atoms with E-state index in [-0.39, 0.29) is 11.4 Å². The Kier molecular flexibility index (Phi) is 2.74. The third kappa shape index (κ3) is 1.85. The second kappa shape index (κ2) is 4.86. The van der Waals surface area contributed by atoms with Crippen molar-refractivity contribution in [2.45, 2.75) is 6.92 Å². The van der Waals surface area contributed by atoms with Crippen molar-refractivity contribution in [3.05, 3.63) is 82.4 Å². The molecule has 0 amide bonds. The second-order valence-corrected chi connectivity index (χ2v) is 6.28. The van der Waals surface area contributed by atoms with Gasteiger partial charge in [0.25, 0.3) is 5.56 Å². The lowest BCUT2D eigenvalue weighted by molar-refractivity contribution is 0.640. The van der Waals surface area contributed by atoms with Crippen LogP contribution < -0.4 is 5.56 Å². The molecule has 0 N–H and O–H groups in total. The van der Waals surface area contributed by atoms with Gasteiger partial charge in [0.05, 0.1) is 16.4 Å². The van der Waals surface area contributed by atoms with E-state index in [1.54, 1.807) is 22.6 Å². The van der Waals surface area contributed by atoms with Crippen LogP contribution in [0.15, 0.2) is 65.5 Å². The molecule has 0 saturated carbocycles. The molecule has 0 fully saturated rings. The molecule has 0 atom stereocenters. The van der Waals surface area contributed by atoms with E-state index in [1.165, 1.54) is 6.07 Å². The summed E-state index contributed by atoms with van der Waals surface area (Å²) in [5.74, 6) is -0.307. The lowest BCUT2D eigenvalue weighted by atomic mass is 10.0. The van der Waals surface area contributed by atoms with E-state index in [0.717, 1.165) is 10.9 Å². The predicted molar refractivity (Wildman–Crippen MR) is 98.7 cm³/mol. The molecular formula is C21H13FN2O. The summed E-state index contributed by atoms with van der Waals surface area (Å²) in [6, 6.07) is 17.9. The zero-order valence-corrected chi connectivity index (χ0v) is 13.5. The molecule has 0 saturated heterocycles. The Morgan fingerprint density at radius 3 is 2.60 bits per heavy atom. The van der Waals surface area contributed by atoms with Crippen LogP contribution in [0, 0.1) is 12.7 Å². The molecule has 0 radical (unpaired) electrons. The Morgan fingerprint density at radius 1 is 0.920 bits per heavy atom. The summed E-state index contributed by atoms with van der Waals surface area (Å²) in [5, 5.41) is 2.42. The highest BCUT2D eigenvalue weighted by atomic mass is 19.1. The number of halogens is 1. The lowest BCUT2D eigenvalue weighted by Crippen LogP contribution is -2.16. The number of fused-ring (bicyclic) bond motifs is 7. The van der Waals surface area contributed by atoms with E-state index in [4.69, 9.17) is 0 Å². The SMILES string of the molecule is Cc1ccc2c(c1)c1c(F)cccc1c1nc3ccccc3c(=O)n21. The first-order valence-corrected chi connectivity index (χ1v) is 8.07. The van der Waals surface area contributed by atoms with Crippen LogP contribution in [0.25, 0.3) is 38.2 Å². The molecule has 0 bridgehead atoms. The fourth-order valence-corrected chi connectivity index (χ4v) is 3.57. The number of aromatic nitrogens is 2. The van der Waals surface area contributed by atoms with Crippen molar-refractivity contribution in [1.82, 2.24) is 9.38 Å². The molecule has 0 aliphatic rings. The van der Waals surface area contributed by atoms with Crippen LogP contribution in [0.3, 0.4) is 0 Å². The highest BCUT2D eigenvalue weighted by Gasteiger charge is 2.15. The maximum atomic E-state index is 14.7. The van der Waals surface area contributed by atoms with Crippen LogP contribution >= 0.6 is 0 Å². The number of hydrogen-bond donors (Lipinski definition) is 0. The van der Waals surface area contributed by atoms with Gasteiger partial charge in [-0.1, -0.05) is 35.9 Å². The van der Waals surface area contributed by atoms with Crippen LogP contribution in [0.5, 0.6) is 0 Å². The summed E-state index contributed by atoms with van der Waals surface area (Å²) < 4.78 is 16.3. The van der Waals surface area contributed by atoms with Gasteiger partial charge in [-0.15, -0.1) is 0 Å². The number of benzene rings is 3. The van der Waals surface area contributed by atoms with Crippen molar-refractivity contribution in [1.29, 1.82) is 0 Å². The normalized spacial score (nSPS) is 11.8. The third-order valence-corrected chi connectivity index (χ3v) is 4.69. The maximum absolute atomic E-state index is 14.7. The summed E-state index contributed by atoms with van der Waals surface area (Å²) in [6.45, 7) is 1.96. The molecule has 4 heteroatoms. The summed E-state index contributed by atoms with van der Waals surface area (Å²) in [7, 11) is 0. The fourth-order valence-electron chi connectivity index (χ4n) is 3.57. The summed E-state index contributed by atoms with van der Waals surface area (Å²) in [5.41, 5.74) is 2.64. The monoisotopic (exact) mass is 328 g/mol. The number of hydrogen-bond acceptors (Lipinski definition) is 2. The topological polar surface area (TPSA) is 34.4 Å². The van der Waals surface area contributed by atoms with Gasteiger partial charge in [0.15, 0.2) is 0 Å². The minimum Gasteiger partial charge on any atom is -0.268 e. The first-order valence-electron chi connectivity index (χ1n) is 8.07. The average molecular weight is 328 g/mol. The van der Waals surface area contributed by atoms with Crippen LogP contribution in [0.2, 0.25) is 0 Å². The van der Waals surface area contributed by atoms with Crippen LogP contribution in [0.1, 0.15) is 5.56 Å². The van der Waals surface area contributed by atoms with E-state index in [9.17, 15) is 9.18 Å². The van der Waals surface area contributed by atoms with E-state index < -0.39 is 0 Å². The Bertz CT molecular complexity index is 1390. The predicted octanol–water partition coefficient (Wildman–Crippen LogP) is 4.60. The molecule has 0 unspecified atom stereocenters. The molecule has 120 valence electrons. The molecule has 5 rings (SSSR count). The number of pyridine rings is 1. The molecule has 0 spiro atoms. The average Bonchev–Trinajstić information content (AvgIpc) is 2.62. The minimum atomic E-state index is -0.307. The maximum Gasteiger partial charge on any atom is 0.266 e. The van der Waals surface area contributed by atoms with Crippen LogP contribution in [-0.2, 0) is 0 Å². The number of para-hydroxylation sites is 1. The fraction of sp³-hybridized carbons (Fsp3) is 0.0476. The first-order chi connectivity index (χ1) is 12.1. The Hall–Kier alpha value is -3.27. The number of rotatable bonds is 0. The molecule has 0 aliphatic heterocycles. The van der Waals surface area contributed by atoms with Gasteiger partial charge in [-0.2, -0.15) is 0 Å². The molecule has 0 aliphatic carbocycles. The van der Waals surface area contributed by atoms with Crippen molar-refractivity contribution in [3.8, 4) is 0 Å². The van der Waals surface area contributed by atoms with Crippen molar-refractivity contribution < 1.29 is 4.39 Å². The standard InChI is InChI=1S/C21H13FN2O/c1-12-9-10-18-15(11-12)19-14(6-4-7-16(19)22)20-23-17-8-3-2-5-13(17)21(25)24(18)20/h2-11H,1H3. The van der Waals surface area contributed by atoms with E-state index >= 15 is 0 Å². The molecule has 5 aromatic rings. The smallest absolute Gasteiger partial charge is 0.266 e. The molecule has 2 heterocycles. The molecular weight excluding hydrogens is 315 g/mol. The van der Waals surface area contributed by atoms with Gasteiger partial charge in [-0.05, 0) is 37.3 Å². The zero-order valence-electron chi connectivity index (χ0n) is 13.5. The van der Waals surface area contributed by atoms with Crippen LogP contribution in [-0.4, -0.2) is 9.38 Å². The first kappa shape index (κ1) is 14.1. The summed E-state index contributed by atoms with van der Waals surface area (Å²) in [6.07, 6.45) is 0. The molecule has 2 aromatic heterocycles. The lowest BCUT2D eigenvalue weighted by Gasteiger charge is -2.13. The largest absolute Gasteiger partial charge is 0.268 e. The van der Waals surface area contributed by atoms with Crippen molar-refractivity contribution >= 4 is 38.2 Å². The van der Waals surface area contributed by atoms with Gasteiger partial charge in [0.1, 0.15) is 11.5 Å². The van der Waals surface area contributed by atoms with Crippen molar-refractivity contribution in [2.75, 3.05) is 0 Å². The Balaban J connectivity index is 2.24. The van der Waals surface area contributed by atoms with Crippen molar-refractivity contribution in [3.63, 3.8) is 0 Å². The van der Waals surface area contributed by atoms with Crippen LogP contribution in [0.4, 0.5) is 4.39 Å². The van der Waals surface area contributed by atoms with Gasteiger partial charge in [-0.3, -0.25) is 9.20 Å². The van der Waals surface area contributed by atoms with Gasteiger partial charge in [0, 0.05) is 16.2 Å². The highest BCUT2D eigenvalue weighted by Crippen LogP contribution is 2.31. The third-order valence-electron chi connectivity index (χ3n) is 4.69. The van der Waals surface area contributed by atoms with Crippen molar-refractivity contribution in [2.24, 2.45) is 0 Å². The summed E-state index contributed by atoms with van der Waals surface area (Å²) >= 11 is 0. The Morgan fingerprint density at radius 2 is 1.72 bits per heavy atom. The summed E-state index contributed by atoms with van der Waals surface area (Å²) in [4.78, 5) is 17.8. The minimum absolute atomic E-state index is 0.138. The van der Waals surface area contributed by atoms with Gasteiger partial charge in [0.2, 0.25) is 0 Å². The van der Waals surface area contributed by atoms with Gasteiger partial charge in [-0.25, -0.2) is 9.37 Å². The highest BCUT2D eigenvalue weighted by molar-refractivity contribution is 6.12. The van der Waals surface area contributed by atoms with E-state index in [2.05, 4.69) is 4.98 Å². The number of nitrogens with zero attached hydrogens (tertiary/aromatic N) is 2. The molecule has 3 aromatic carbocycles. The number of aryl methyl sites for hydroxylation is 1. The van der Waals surface area contributed by atoms with Gasteiger partial charge >= 0.3 is 0 Å². The van der Waals surface area contributed by atoms with Gasteiger partial charge < -0.3 is 0 Å². The molecule has 25 heavy (non-hydrogen) atoms. The van der Waals surface area contributed by atoms with E-state index in [0.29, 0.717) is 32.8 Å². The van der Waals surface area contributed by atoms with E-state index in [1.807, 2.05) is 43.3 Å². The zero-order chi connectivity index (χ0) is 17.1.